The SMILES string of the molecule is C=C/C=C1\C=C\N(C(C=C)C/C=C/C(C)(C)C)/C(C)=C\[B]c2sc3cc4c(cc3c2N1/C=C/C=C\c1csc2ccccc12)C(C)(C)CCC4(C)C. The fraction of sp³-hybridized carbons (Fsp3) is 0.319. The molecule has 1 atom stereocenters. The predicted molar refractivity (Wildman–Crippen MR) is 235 cm³/mol. The fourth-order valence-electron chi connectivity index (χ4n) is 7.39. The number of benzene rings is 2. The molecule has 3 heterocycles. The van der Waals surface area contributed by atoms with Gasteiger partial charge in [-0.1, -0.05) is 116 Å². The highest BCUT2D eigenvalue weighted by molar-refractivity contribution is 7.28. The maximum atomic E-state index is 4.26. The quantitative estimate of drug-likeness (QED) is 0.102. The van der Waals surface area contributed by atoms with Crippen molar-refractivity contribution in [3.05, 3.63) is 150 Å². The number of hydrogen-bond acceptors (Lipinski definition) is 4. The molecular formula is C47H54BN2S2. The van der Waals surface area contributed by atoms with E-state index in [4.69, 9.17) is 0 Å². The van der Waals surface area contributed by atoms with Crippen LogP contribution in [0.15, 0.2) is 133 Å². The molecular weight excluding hydrogens is 667 g/mol. The van der Waals surface area contributed by atoms with Gasteiger partial charge in [0.25, 0.3) is 0 Å². The van der Waals surface area contributed by atoms with E-state index in [0.717, 1.165) is 12.1 Å². The number of anilines is 1. The van der Waals surface area contributed by atoms with Crippen LogP contribution in [0.3, 0.4) is 0 Å². The summed E-state index contributed by atoms with van der Waals surface area (Å²) >= 11 is 3.68. The van der Waals surface area contributed by atoms with E-state index in [1.54, 1.807) is 11.3 Å². The summed E-state index contributed by atoms with van der Waals surface area (Å²) in [6, 6.07) is 13.7. The summed E-state index contributed by atoms with van der Waals surface area (Å²) in [5.74, 6) is 2.28. The average molecular weight is 722 g/mol. The second-order valence-corrected chi connectivity index (χ2v) is 18.6. The molecule has 0 N–H and O–H groups in total. The molecule has 0 bridgehead atoms. The van der Waals surface area contributed by atoms with Crippen molar-refractivity contribution >= 4 is 66.7 Å². The van der Waals surface area contributed by atoms with Gasteiger partial charge in [-0.25, -0.2) is 0 Å². The molecule has 2 nitrogen and oxygen atoms in total. The smallest absolute Gasteiger partial charge is 0.200 e. The second kappa shape index (κ2) is 15.1. The minimum absolute atomic E-state index is 0.106. The number of hydrogen-bond donors (Lipinski definition) is 0. The van der Waals surface area contributed by atoms with Gasteiger partial charge in [-0.2, -0.15) is 0 Å². The Morgan fingerprint density at radius 1 is 0.962 bits per heavy atom. The first-order valence-electron chi connectivity index (χ1n) is 18.6. The lowest BCUT2D eigenvalue weighted by Gasteiger charge is -2.42. The first kappa shape index (κ1) is 37.7. The Morgan fingerprint density at radius 3 is 2.40 bits per heavy atom. The van der Waals surface area contributed by atoms with Crippen molar-refractivity contribution in [2.24, 2.45) is 5.41 Å². The standard InChI is InChI=1S/C47H54BN2S2/c1-11-18-36-23-28-49(35(12-2)20-17-24-45(4,5)6)33(3)31-48-44-43(50(36)27-16-15-19-34-32-51-41-22-14-13-21-37(34)41)38-29-39-40(30-42(38)52-44)47(9,10)26-25-46(39,7)8/h11-19,21-24,27-32,35H,1-2,20,25-26H2,3-10H3/b19-15-,24-17+,27-16+,28-23+,33-31-,36-18+. The molecule has 0 saturated heterocycles. The summed E-state index contributed by atoms with van der Waals surface area (Å²) in [6.07, 6.45) is 27.1. The number of allylic oxidation sites excluding steroid dienone is 7. The molecule has 5 heteroatoms. The Hall–Kier alpha value is -4.06. The van der Waals surface area contributed by atoms with E-state index < -0.39 is 0 Å². The third kappa shape index (κ3) is 7.97. The Bertz CT molecular complexity index is 2150. The second-order valence-electron chi connectivity index (χ2n) is 16.6. The van der Waals surface area contributed by atoms with E-state index in [1.165, 1.54) is 65.9 Å². The van der Waals surface area contributed by atoms with Crippen molar-refractivity contribution in [1.29, 1.82) is 0 Å². The van der Waals surface area contributed by atoms with Gasteiger partial charge in [-0.05, 0) is 111 Å². The van der Waals surface area contributed by atoms with Crippen LogP contribution in [0.2, 0.25) is 0 Å². The minimum Gasteiger partial charge on any atom is -0.346 e. The summed E-state index contributed by atoms with van der Waals surface area (Å²) in [6.45, 7) is 27.0. The third-order valence-electron chi connectivity index (χ3n) is 10.5. The molecule has 2 aliphatic rings. The van der Waals surface area contributed by atoms with Crippen LogP contribution in [0.4, 0.5) is 5.69 Å². The Balaban J connectivity index is 1.51. The molecule has 52 heavy (non-hydrogen) atoms. The van der Waals surface area contributed by atoms with Crippen LogP contribution in [0.25, 0.3) is 26.2 Å². The highest BCUT2D eigenvalue weighted by atomic mass is 32.1. The molecule has 0 saturated carbocycles. The lowest BCUT2D eigenvalue weighted by molar-refractivity contribution is 0.332. The maximum absolute atomic E-state index is 4.26. The summed E-state index contributed by atoms with van der Waals surface area (Å²) in [5.41, 5.74) is 8.00. The Morgan fingerprint density at radius 2 is 1.69 bits per heavy atom. The third-order valence-corrected chi connectivity index (χ3v) is 12.6. The molecule has 2 aromatic heterocycles. The first-order chi connectivity index (χ1) is 24.7. The van der Waals surface area contributed by atoms with Crippen LogP contribution in [-0.2, 0) is 10.8 Å². The van der Waals surface area contributed by atoms with Gasteiger partial charge < -0.3 is 9.80 Å². The van der Waals surface area contributed by atoms with E-state index in [1.807, 2.05) is 17.4 Å². The largest absolute Gasteiger partial charge is 0.346 e. The first-order valence-corrected chi connectivity index (χ1v) is 20.2. The summed E-state index contributed by atoms with van der Waals surface area (Å²) in [7, 11) is 2.32. The summed E-state index contributed by atoms with van der Waals surface area (Å²) in [5, 5.41) is 4.83. The number of fused-ring (bicyclic) bond motifs is 5. The molecule has 4 aromatic rings. The Labute approximate surface area is 321 Å². The van der Waals surface area contributed by atoms with E-state index in [-0.39, 0.29) is 22.3 Å². The van der Waals surface area contributed by atoms with E-state index in [9.17, 15) is 0 Å². The molecule has 2 aromatic carbocycles. The normalized spacial score (nSPS) is 20.6. The van der Waals surface area contributed by atoms with Gasteiger partial charge in [0.1, 0.15) is 0 Å². The zero-order chi connectivity index (χ0) is 37.3. The van der Waals surface area contributed by atoms with Crippen LogP contribution in [0, 0.1) is 5.41 Å². The lowest BCUT2D eigenvalue weighted by Crippen LogP contribution is -2.33. The van der Waals surface area contributed by atoms with Gasteiger partial charge in [-0.15, -0.1) is 29.3 Å². The zero-order valence-corrected chi connectivity index (χ0v) is 34.0. The van der Waals surface area contributed by atoms with E-state index in [2.05, 4.69) is 194 Å². The highest BCUT2D eigenvalue weighted by Gasteiger charge is 2.38. The topological polar surface area (TPSA) is 6.48 Å². The number of rotatable bonds is 8. The minimum atomic E-state index is 0.106. The number of thiophene rings is 2. The molecule has 6 rings (SSSR count). The molecule has 1 radical (unpaired) electrons. The van der Waals surface area contributed by atoms with Crippen LogP contribution >= 0.6 is 22.7 Å². The van der Waals surface area contributed by atoms with Crippen molar-refractivity contribution in [1.82, 2.24) is 4.90 Å². The molecule has 267 valence electrons. The van der Waals surface area contributed by atoms with Gasteiger partial charge in [0.2, 0.25) is 0 Å². The van der Waals surface area contributed by atoms with Crippen LogP contribution < -0.4 is 9.68 Å². The zero-order valence-electron chi connectivity index (χ0n) is 32.4. The van der Waals surface area contributed by atoms with Gasteiger partial charge in [0.05, 0.1) is 11.7 Å². The van der Waals surface area contributed by atoms with Crippen molar-refractivity contribution in [2.75, 3.05) is 4.90 Å². The van der Waals surface area contributed by atoms with Crippen molar-refractivity contribution in [3.8, 4) is 0 Å². The molecule has 1 aliphatic carbocycles. The van der Waals surface area contributed by atoms with Gasteiger partial charge in [0, 0.05) is 38.6 Å². The van der Waals surface area contributed by atoms with Crippen molar-refractivity contribution in [2.45, 2.75) is 91.5 Å². The predicted octanol–water partition coefficient (Wildman–Crippen LogP) is 13.1. The Kier molecular flexibility index (Phi) is 11.0. The van der Waals surface area contributed by atoms with E-state index in [0.29, 0.717) is 0 Å². The number of nitrogens with zero attached hydrogens (tertiary/aromatic N) is 2. The van der Waals surface area contributed by atoms with Crippen LogP contribution in [0.5, 0.6) is 0 Å². The lowest BCUT2D eigenvalue weighted by atomic mass is 9.63. The monoisotopic (exact) mass is 721 g/mol. The molecule has 0 amide bonds. The molecule has 1 unspecified atom stereocenters. The van der Waals surface area contributed by atoms with Crippen molar-refractivity contribution < 1.29 is 0 Å². The van der Waals surface area contributed by atoms with Crippen LogP contribution in [0.1, 0.15) is 91.3 Å². The summed E-state index contributed by atoms with van der Waals surface area (Å²) < 4.78 is 3.87. The van der Waals surface area contributed by atoms with Gasteiger partial charge in [0.15, 0.2) is 7.28 Å². The van der Waals surface area contributed by atoms with Crippen molar-refractivity contribution in [3.63, 3.8) is 0 Å². The molecule has 0 spiro atoms. The van der Waals surface area contributed by atoms with Gasteiger partial charge >= 0.3 is 0 Å². The fourth-order valence-corrected chi connectivity index (χ4v) is 9.44. The molecule has 0 fully saturated rings. The summed E-state index contributed by atoms with van der Waals surface area (Å²) in [4.78, 5) is 4.71. The van der Waals surface area contributed by atoms with Crippen LogP contribution in [-0.4, -0.2) is 18.2 Å². The highest BCUT2D eigenvalue weighted by Crippen LogP contribution is 2.49. The average Bonchev–Trinajstić information content (AvgIpc) is 3.68. The van der Waals surface area contributed by atoms with E-state index >= 15 is 0 Å². The van der Waals surface area contributed by atoms with Gasteiger partial charge in [-0.3, -0.25) is 0 Å². The molecule has 1 aliphatic heterocycles. The maximum Gasteiger partial charge on any atom is 0.200 e.